The Morgan fingerprint density at radius 1 is 0.903 bits per heavy atom. The minimum absolute atomic E-state index is 0.0182. The van der Waals surface area contributed by atoms with Crippen molar-refractivity contribution in [2.75, 3.05) is 37.4 Å². The van der Waals surface area contributed by atoms with Crippen LogP contribution in [0, 0.1) is 0 Å². The number of thiophene rings is 1. The van der Waals surface area contributed by atoms with Crippen LogP contribution in [0.4, 0.5) is 5.69 Å². The van der Waals surface area contributed by atoms with E-state index in [0.29, 0.717) is 24.3 Å². The van der Waals surface area contributed by atoms with Gasteiger partial charge in [0.1, 0.15) is 0 Å². The number of piperazine rings is 1. The average molecular weight is 456 g/mol. The Labute approximate surface area is 187 Å². The van der Waals surface area contributed by atoms with Crippen molar-refractivity contribution in [2.45, 2.75) is 11.3 Å². The van der Waals surface area contributed by atoms with E-state index in [1.54, 1.807) is 65.9 Å². The highest BCUT2D eigenvalue weighted by atomic mass is 32.2. The van der Waals surface area contributed by atoms with Gasteiger partial charge in [-0.15, -0.1) is 11.3 Å². The lowest BCUT2D eigenvalue weighted by Gasteiger charge is -2.34. The molecule has 0 aliphatic carbocycles. The standard InChI is InChI=1S/C23H25N3O3S2/c27-23(26-16-14-25(15-17-26)13-12-21-5-4-18-30-21)19-8-10-20(11-9-19)24-31(28,29)22-6-2-1-3-7-22/h1-11,18,24H,12-17H2. The molecule has 1 saturated heterocycles. The van der Waals surface area contributed by atoms with Gasteiger partial charge in [-0.3, -0.25) is 14.4 Å². The number of amides is 1. The molecular formula is C23H25N3O3S2. The monoisotopic (exact) mass is 455 g/mol. The quantitative estimate of drug-likeness (QED) is 0.592. The summed E-state index contributed by atoms with van der Waals surface area (Å²) in [5, 5.41) is 2.10. The van der Waals surface area contributed by atoms with Crippen LogP contribution in [0.5, 0.6) is 0 Å². The van der Waals surface area contributed by atoms with Crippen LogP contribution in [-0.4, -0.2) is 56.8 Å². The summed E-state index contributed by atoms with van der Waals surface area (Å²) in [6.07, 6.45) is 1.05. The van der Waals surface area contributed by atoms with Gasteiger partial charge in [-0.25, -0.2) is 8.42 Å². The predicted molar refractivity (Wildman–Crippen MR) is 124 cm³/mol. The highest BCUT2D eigenvalue weighted by Crippen LogP contribution is 2.18. The molecule has 1 aliphatic rings. The van der Waals surface area contributed by atoms with E-state index in [4.69, 9.17) is 0 Å². The summed E-state index contributed by atoms with van der Waals surface area (Å²) in [6.45, 7) is 4.15. The van der Waals surface area contributed by atoms with Crippen LogP contribution in [-0.2, 0) is 16.4 Å². The highest BCUT2D eigenvalue weighted by Gasteiger charge is 2.22. The molecule has 2 heterocycles. The average Bonchev–Trinajstić information content (AvgIpc) is 3.32. The molecule has 0 radical (unpaired) electrons. The molecule has 3 aromatic rings. The van der Waals surface area contributed by atoms with Crippen LogP contribution in [0.15, 0.2) is 77.0 Å². The number of rotatable bonds is 7. The fourth-order valence-corrected chi connectivity index (χ4v) is 5.35. The fraction of sp³-hybridized carbons (Fsp3) is 0.261. The molecule has 31 heavy (non-hydrogen) atoms. The first-order chi connectivity index (χ1) is 15.0. The molecule has 8 heteroatoms. The van der Waals surface area contributed by atoms with E-state index in [1.807, 2.05) is 4.90 Å². The number of anilines is 1. The van der Waals surface area contributed by atoms with E-state index in [0.717, 1.165) is 26.1 Å². The summed E-state index contributed by atoms with van der Waals surface area (Å²) < 4.78 is 27.4. The smallest absolute Gasteiger partial charge is 0.261 e. The van der Waals surface area contributed by atoms with Crippen molar-refractivity contribution in [1.82, 2.24) is 9.80 Å². The Bertz CT molecular complexity index is 1090. The summed E-state index contributed by atoms with van der Waals surface area (Å²) in [5.41, 5.74) is 0.994. The van der Waals surface area contributed by atoms with Crippen molar-refractivity contribution in [3.63, 3.8) is 0 Å². The lowest BCUT2D eigenvalue weighted by molar-refractivity contribution is 0.0639. The topological polar surface area (TPSA) is 69.7 Å². The van der Waals surface area contributed by atoms with Crippen LogP contribution in [0.2, 0.25) is 0 Å². The Hall–Kier alpha value is -2.68. The summed E-state index contributed by atoms with van der Waals surface area (Å²) in [5.74, 6) is -0.0182. The van der Waals surface area contributed by atoms with Gasteiger partial charge in [0, 0.05) is 48.9 Å². The highest BCUT2D eigenvalue weighted by molar-refractivity contribution is 7.92. The molecule has 0 spiro atoms. The number of nitrogens with zero attached hydrogens (tertiary/aromatic N) is 2. The number of carbonyl (C=O) groups excluding carboxylic acids is 1. The molecule has 4 rings (SSSR count). The first-order valence-electron chi connectivity index (χ1n) is 10.2. The Morgan fingerprint density at radius 3 is 2.26 bits per heavy atom. The van der Waals surface area contributed by atoms with E-state index >= 15 is 0 Å². The number of sulfonamides is 1. The van der Waals surface area contributed by atoms with Gasteiger partial charge >= 0.3 is 0 Å². The van der Waals surface area contributed by atoms with Crippen molar-refractivity contribution in [1.29, 1.82) is 0 Å². The van der Waals surface area contributed by atoms with Crippen LogP contribution in [0.3, 0.4) is 0 Å². The molecule has 1 fully saturated rings. The lowest BCUT2D eigenvalue weighted by atomic mass is 10.1. The maximum absolute atomic E-state index is 12.8. The number of carbonyl (C=O) groups is 1. The summed E-state index contributed by atoms with van der Waals surface area (Å²) in [4.78, 5) is 18.7. The fourth-order valence-electron chi connectivity index (χ4n) is 3.57. The van der Waals surface area contributed by atoms with Gasteiger partial charge in [0.05, 0.1) is 4.90 Å². The minimum Gasteiger partial charge on any atom is -0.336 e. The third-order valence-electron chi connectivity index (χ3n) is 5.35. The summed E-state index contributed by atoms with van der Waals surface area (Å²) in [7, 11) is -3.65. The molecule has 0 saturated carbocycles. The van der Waals surface area contributed by atoms with Crippen molar-refractivity contribution >= 4 is 33.0 Å². The second kappa shape index (κ2) is 9.64. The molecule has 0 unspecified atom stereocenters. The van der Waals surface area contributed by atoms with Gasteiger partial charge in [-0.2, -0.15) is 0 Å². The van der Waals surface area contributed by atoms with Gasteiger partial charge in [0.25, 0.3) is 15.9 Å². The van der Waals surface area contributed by atoms with Gasteiger partial charge in [-0.1, -0.05) is 24.3 Å². The largest absolute Gasteiger partial charge is 0.336 e. The molecule has 0 atom stereocenters. The normalized spacial score (nSPS) is 15.0. The van der Waals surface area contributed by atoms with E-state index in [-0.39, 0.29) is 10.8 Å². The summed E-state index contributed by atoms with van der Waals surface area (Å²) >= 11 is 1.78. The zero-order valence-corrected chi connectivity index (χ0v) is 18.7. The van der Waals surface area contributed by atoms with Gasteiger partial charge in [0.2, 0.25) is 0 Å². The molecule has 2 aromatic carbocycles. The second-order valence-corrected chi connectivity index (χ2v) is 10.2. The number of hydrogen-bond donors (Lipinski definition) is 1. The van der Waals surface area contributed by atoms with Crippen LogP contribution in [0.25, 0.3) is 0 Å². The lowest BCUT2D eigenvalue weighted by Crippen LogP contribution is -2.49. The van der Waals surface area contributed by atoms with Crippen molar-refractivity contribution < 1.29 is 13.2 Å². The molecule has 1 aliphatic heterocycles. The molecule has 6 nitrogen and oxygen atoms in total. The first kappa shape index (κ1) is 21.5. The molecule has 1 amide bonds. The minimum atomic E-state index is -3.65. The third-order valence-corrected chi connectivity index (χ3v) is 7.68. The van der Waals surface area contributed by atoms with Crippen molar-refractivity contribution in [3.8, 4) is 0 Å². The molecule has 1 N–H and O–H groups in total. The van der Waals surface area contributed by atoms with Gasteiger partial charge in [0.15, 0.2) is 0 Å². The van der Waals surface area contributed by atoms with Crippen molar-refractivity contribution in [2.24, 2.45) is 0 Å². The molecule has 162 valence electrons. The van der Waals surface area contributed by atoms with Gasteiger partial charge in [-0.05, 0) is 54.3 Å². The van der Waals surface area contributed by atoms with Crippen LogP contribution >= 0.6 is 11.3 Å². The second-order valence-electron chi connectivity index (χ2n) is 7.46. The van der Waals surface area contributed by atoms with Crippen LogP contribution in [0.1, 0.15) is 15.2 Å². The van der Waals surface area contributed by atoms with E-state index < -0.39 is 10.0 Å². The summed E-state index contributed by atoms with van der Waals surface area (Å²) in [6, 6.07) is 19.1. The predicted octanol–water partition coefficient (Wildman–Crippen LogP) is 3.55. The Morgan fingerprint density at radius 2 is 1.61 bits per heavy atom. The number of nitrogens with one attached hydrogen (secondary N) is 1. The van der Waals surface area contributed by atoms with E-state index in [9.17, 15) is 13.2 Å². The zero-order chi connectivity index (χ0) is 21.7. The number of benzene rings is 2. The molecule has 1 aromatic heterocycles. The van der Waals surface area contributed by atoms with Gasteiger partial charge < -0.3 is 4.90 Å². The van der Waals surface area contributed by atoms with E-state index in [2.05, 4.69) is 27.1 Å². The van der Waals surface area contributed by atoms with E-state index in [1.165, 1.54) is 4.88 Å². The third kappa shape index (κ3) is 5.52. The molecule has 0 bridgehead atoms. The Kier molecular flexibility index (Phi) is 6.70. The zero-order valence-electron chi connectivity index (χ0n) is 17.1. The maximum atomic E-state index is 12.8. The first-order valence-corrected chi connectivity index (χ1v) is 12.6. The van der Waals surface area contributed by atoms with Crippen molar-refractivity contribution in [3.05, 3.63) is 82.6 Å². The van der Waals surface area contributed by atoms with Crippen LogP contribution < -0.4 is 4.72 Å². The SMILES string of the molecule is O=C(c1ccc(NS(=O)(=O)c2ccccc2)cc1)N1CCN(CCc2cccs2)CC1. The number of hydrogen-bond acceptors (Lipinski definition) is 5. The Balaban J connectivity index is 1.30. The molecular weight excluding hydrogens is 430 g/mol. The maximum Gasteiger partial charge on any atom is 0.261 e.